The smallest absolute Gasteiger partial charge is 0.329 e. The van der Waals surface area contributed by atoms with Gasteiger partial charge in [0.2, 0.25) is 5.91 Å². The van der Waals surface area contributed by atoms with Gasteiger partial charge in [0.15, 0.2) is 0 Å². The van der Waals surface area contributed by atoms with Crippen LogP contribution in [0.1, 0.15) is 44.9 Å². The number of carboxylic acid groups (broad SMARTS) is 1. The van der Waals surface area contributed by atoms with Crippen LogP contribution in [0.2, 0.25) is 0 Å². The van der Waals surface area contributed by atoms with Crippen molar-refractivity contribution in [3.8, 4) is 0 Å². The average Bonchev–Trinajstić information content (AvgIpc) is 2.28. The quantitative estimate of drug-likeness (QED) is 0.803. The topological polar surface area (TPSA) is 66.4 Å². The van der Waals surface area contributed by atoms with Gasteiger partial charge in [-0.3, -0.25) is 4.79 Å². The third-order valence-electron chi connectivity index (χ3n) is 4.14. The van der Waals surface area contributed by atoms with Crippen LogP contribution in [0.25, 0.3) is 0 Å². The van der Waals surface area contributed by atoms with E-state index in [1.165, 1.54) is 19.3 Å². The number of hydrogen-bond donors (Lipinski definition) is 2. The Morgan fingerprint density at radius 2 is 1.94 bits per heavy atom. The number of hydrogen-bond acceptors (Lipinski definition) is 3. The van der Waals surface area contributed by atoms with Crippen LogP contribution in [0.3, 0.4) is 0 Å². The van der Waals surface area contributed by atoms with Crippen molar-refractivity contribution in [1.29, 1.82) is 0 Å². The molecule has 0 unspecified atom stereocenters. The zero-order chi connectivity index (χ0) is 13.0. The molecule has 4 nitrogen and oxygen atoms in total. The summed E-state index contributed by atoms with van der Waals surface area (Å²) in [5, 5.41) is 12.1. The molecule has 18 heavy (non-hydrogen) atoms. The molecule has 0 spiro atoms. The van der Waals surface area contributed by atoms with E-state index >= 15 is 0 Å². The fourth-order valence-corrected chi connectivity index (χ4v) is 3.75. The number of thioether (sulfide) groups is 1. The molecule has 1 saturated carbocycles. The van der Waals surface area contributed by atoms with Crippen LogP contribution < -0.4 is 5.32 Å². The summed E-state index contributed by atoms with van der Waals surface area (Å²) in [7, 11) is 0. The summed E-state index contributed by atoms with van der Waals surface area (Å²) >= 11 is 1.76. The minimum absolute atomic E-state index is 0.0869. The monoisotopic (exact) mass is 271 g/mol. The summed E-state index contributed by atoms with van der Waals surface area (Å²) in [6, 6.07) is 0. The van der Waals surface area contributed by atoms with Gasteiger partial charge in [-0.15, -0.1) is 0 Å². The van der Waals surface area contributed by atoms with Crippen LogP contribution in [0.5, 0.6) is 0 Å². The molecule has 0 aromatic heterocycles. The fraction of sp³-hybridized carbons (Fsp3) is 0.846. The van der Waals surface area contributed by atoms with E-state index in [4.69, 9.17) is 0 Å². The molecule has 1 heterocycles. The summed E-state index contributed by atoms with van der Waals surface area (Å²) in [5.74, 6) is 1.36. The first-order chi connectivity index (χ1) is 8.62. The molecular weight excluding hydrogens is 250 g/mol. The van der Waals surface area contributed by atoms with Crippen LogP contribution in [-0.4, -0.2) is 34.0 Å². The van der Waals surface area contributed by atoms with Gasteiger partial charge in [-0.2, -0.15) is 11.8 Å². The molecule has 2 N–H and O–H groups in total. The van der Waals surface area contributed by atoms with E-state index < -0.39 is 11.5 Å². The Morgan fingerprint density at radius 3 is 2.44 bits per heavy atom. The predicted octanol–water partition coefficient (Wildman–Crippen LogP) is 2.03. The van der Waals surface area contributed by atoms with Crippen LogP contribution in [0, 0.1) is 5.92 Å². The number of carboxylic acids is 1. The lowest BCUT2D eigenvalue weighted by Crippen LogP contribution is -2.56. The van der Waals surface area contributed by atoms with E-state index in [1.54, 1.807) is 11.8 Å². The third kappa shape index (κ3) is 3.19. The largest absolute Gasteiger partial charge is 0.480 e. The van der Waals surface area contributed by atoms with Gasteiger partial charge in [-0.1, -0.05) is 19.3 Å². The van der Waals surface area contributed by atoms with E-state index in [-0.39, 0.29) is 5.91 Å². The lowest BCUT2D eigenvalue weighted by Gasteiger charge is -2.34. The van der Waals surface area contributed by atoms with Crippen molar-refractivity contribution in [1.82, 2.24) is 5.32 Å². The van der Waals surface area contributed by atoms with Gasteiger partial charge in [-0.25, -0.2) is 4.79 Å². The minimum atomic E-state index is -0.998. The molecule has 0 bridgehead atoms. The van der Waals surface area contributed by atoms with Gasteiger partial charge >= 0.3 is 5.97 Å². The van der Waals surface area contributed by atoms with E-state index in [1.807, 2.05) is 0 Å². The molecule has 1 amide bonds. The number of carbonyl (C=O) groups is 2. The fourth-order valence-electron chi connectivity index (χ4n) is 2.56. The van der Waals surface area contributed by atoms with Crippen molar-refractivity contribution in [3.05, 3.63) is 0 Å². The highest BCUT2D eigenvalue weighted by Gasteiger charge is 2.41. The van der Waals surface area contributed by atoms with E-state index in [2.05, 4.69) is 5.32 Å². The second kappa shape index (κ2) is 5.95. The number of amides is 1. The zero-order valence-electron chi connectivity index (χ0n) is 10.6. The molecule has 1 saturated heterocycles. The molecule has 102 valence electrons. The highest BCUT2D eigenvalue weighted by Crippen LogP contribution is 2.31. The first kappa shape index (κ1) is 13.7. The summed E-state index contributed by atoms with van der Waals surface area (Å²) in [6.45, 7) is 0. The van der Waals surface area contributed by atoms with Crippen LogP contribution >= 0.6 is 11.8 Å². The molecule has 2 aliphatic rings. The van der Waals surface area contributed by atoms with Crippen molar-refractivity contribution >= 4 is 23.6 Å². The molecule has 0 aromatic carbocycles. The Bertz CT molecular complexity index is 322. The van der Waals surface area contributed by atoms with Gasteiger partial charge in [-0.05, 0) is 36.7 Å². The predicted molar refractivity (Wildman–Crippen MR) is 71.6 cm³/mol. The van der Waals surface area contributed by atoms with Crippen LogP contribution in [0.4, 0.5) is 0 Å². The van der Waals surface area contributed by atoms with Gasteiger partial charge in [0, 0.05) is 6.42 Å². The minimum Gasteiger partial charge on any atom is -0.480 e. The van der Waals surface area contributed by atoms with E-state index in [9.17, 15) is 14.7 Å². The Kier molecular flexibility index (Phi) is 4.54. The van der Waals surface area contributed by atoms with Gasteiger partial charge in [0.25, 0.3) is 0 Å². The van der Waals surface area contributed by atoms with Crippen LogP contribution in [-0.2, 0) is 9.59 Å². The Balaban J connectivity index is 1.83. The maximum atomic E-state index is 11.9. The number of rotatable bonds is 5. The van der Waals surface area contributed by atoms with Crippen LogP contribution in [0.15, 0.2) is 0 Å². The Morgan fingerprint density at radius 1 is 1.28 bits per heavy atom. The van der Waals surface area contributed by atoms with E-state index in [0.717, 1.165) is 17.9 Å². The summed E-state index contributed by atoms with van der Waals surface area (Å²) in [4.78, 5) is 23.3. The molecular formula is C13H21NO3S. The van der Waals surface area contributed by atoms with E-state index in [0.29, 0.717) is 25.2 Å². The van der Waals surface area contributed by atoms with Crippen molar-refractivity contribution < 1.29 is 14.7 Å². The summed E-state index contributed by atoms with van der Waals surface area (Å²) < 4.78 is 0. The molecule has 0 radical (unpaired) electrons. The highest BCUT2D eigenvalue weighted by atomic mass is 32.2. The Hall–Kier alpha value is -0.710. The average molecular weight is 271 g/mol. The molecule has 1 aliphatic heterocycles. The molecule has 0 aromatic rings. The second-order valence-corrected chi connectivity index (χ2v) is 6.61. The Labute approximate surface area is 112 Å². The number of aliphatic carboxylic acids is 1. The van der Waals surface area contributed by atoms with Crippen molar-refractivity contribution in [2.45, 2.75) is 50.5 Å². The van der Waals surface area contributed by atoms with Gasteiger partial charge < -0.3 is 10.4 Å². The molecule has 2 rings (SSSR count). The molecule has 1 aliphatic carbocycles. The molecule has 0 atom stereocenters. The van der Waals surface area contributed by atoms with Crippen molar-refractivity contribution in [2.24, 2.45) is 5.92 Å². The molecule has 2 fully saturated rings. The SMILES string of the molecule is O=C(CCC1CCC1)NC1(C(=O)O)CCSCC1. The van der Waals surface area contributed by atoms with Crippen molar-refractivity contribution in [3.63, 3.8) is 0 Å². The first-order valence-corrected chi connectivity index (χ1v) is 7.90. The number of carbonyl (C=O) groups excluding carboxylic acids is 1. The van der Waals surface area contributed by atoms with Gasteiger partial charge in [0.05, 0.1) is 0 Å². The van der Waals surface area contributed by atoms with Crippen molar-refractivity contribution in [2.75, 3.05) is 11.5 Å². The lowest BCUT2D eigenvalue weighted by molar-refractivity contribution is -0.148. The normalized spacial score (nSPS) is 23.1. The van der Waals surface area contributed by atoms with Gasteiger partial charge in [0.1, 0.15) is 5.54 Å². The zero-order valence-corrected chi connectivity index (χ0v) is 11.4. The summed E-state index contributed by atoms with van der Waals surface area (Å²) in [5.41, 5.74) is -0.998. The number of nitrogens with one attached hydrogen (secondary N) is 1. The second-order valence-electron chi connectivity index (χ2n) is 5.38. The first-order valence-electron chi connectivity index (χ1n) is 6.74. The maximum absolute atomic E-state index is 11.9. The highest BCUT2D eigenvalue weighted by molar-refractivity contribution is 7.99. The standard InChI is InChI=1S/C13H21NO3S/c15-11(5-4-10-2-1-3-10)14-13(12(16)17)6-8-18-9-7-13/h10H,1-9H2,(H,14,15)(H,16,17). The molecule has 5 heteroatoms. The maximum Gasteiger partial charge on any atom is 0.329 e. The summed E-state index contributed by atoms with van der Waals surface area (Å²) in [6.07, 6.45) is 6.22. The lowest BCUT2D eigenvalue weighted by atomic mass is 9.82. The third-order valence-corrected chi connectivity index (χ3v) is 5.12.